The van der Waals surface area contributed by atoms with Crippen molar-refractivity contribution in [1.29, 1.82) is 0 Å². The molecule has 1 aromatic carbocycles. The minimum absolute atomic E-state index is 0.0598. The van der Waals surface area contributed by atoms with Crippen LogP contribution in [0.1, 0.15) is 39.0 Å². The Morgan fingerprint density at radius 2 is 2.00 bits per heavy atom. The summed E-state index contributed by atoms with van der Waals surface area (Å²) in [6, 6.07) is 6.72. The molecule has 0 heterocycles. The van der Waals surface area contributed by atoms with Crippen LogP contribution in [-0.4, -0.2) is 56.1 Å². The highest BCUT2D eigenvalue weighted by Gasteiger charge is 2.16. The van der Waals surface area contributed by atoms with E-state index in [1.165, 1.54) is 30.2 Å². The normalized spacial score (nSPS) is 16.5. The van der Waals surface area contributed by atoms with E-state index in [0.29, 0.717) is 18.5 Å². The van der Waals surface area contributed by atoms with Crippen LogP contribution in [0.3, 0.4) is 0 Å². The molecule has 1 aromatic rings. The summed E-state index contributed by atoms with van der Waals surface area (Å²) in [5, 5.41) is 6.64. The molecule has 1 aliphatic rings. The number of halogens is 1. The molecule has 2 rings (SSSR count). The zero-order valence-corrected chi connectivity index (χ0v) is 16.5. The summed E-state index contributed by atoms with van der Waals surface area (Å²) < 4.78 is 19.4. The average Bonchev–Trinajstić information content (AvgIpc) is 2.66. The third-order valence-electron chi connectivity index (χ3n) is 4.54. The number of carbonyl (C=O) groups is 1. The Morgan fingerprint density at radius 3 is 2.67 bits per heavy atom. The number of nitrogens with zero attached hydrogens (tertiary/aromatic N) is 2. The molecule has 27 heavy (non-hydrogen) atoms. The molecule has 1 aliphatic carbocycles. The minimum Gasteiger partial charge on any atom is -0.486 e. The number of carbonyl (C=O) groups excluding carboxylic acids is 1. The summed E-state index contributed by atoms with van der Waals surface area (Å²) in [5.41, 5.74) is 0. The lowest BCUT2D eigenvalue weighted by atomic mass is 9.96. The minimum atomic E-state index is -0.379. The second kappa shape index (κ2) is 10.7. The first-order valence-electron chi connectivity index (χ1n) is 9.62. The van der Waals surface area contributed by atoms with Crippen LogP contribution in [0.4, 0.5) is 4.39 Å². The maximum absolute atomic E-state index is 13.7. The van der Waals surface area contributed by atoms with E-state index in [-0.39, 0.29) is 30.1 Å². The number of para-hydroxylation sites is 1. The second-order valence-electron chi connectivity index (χ2n) is 7.17. The van der Waals surface area contributed by atoms with Gasteiger partial charge < -0.3 is 20.3 Å². The van der Waals surface area contributed by atoms with Crippen LogP contribution < -0.4 is 15.4 Å². The van der Waals surface area contributed by atoms with Gasteiger partial charge in [0.25, 0.3) is 0 Å². The fraction of sp³-hybridized carbons (Fsp3) is 0.600. The first-order valence-corrected chi connectivity index (χ1v) is 9.62. The number of rotatable bonds is 7. The lowest BCUT2D eigenvalue weighted by Crippen LogP contribution is -2.47. The van der Waals surface area contributed by atoms with Gasteiger partial charge in [-0.05, 0) is 31.9 Å². The molecule has 1 atom stereocenters. The van der Waals surface area contributed by atoms with Crippen molar-refractivity contribution >= 4 is 11.9 Å². The van der Waals surface area contributed by atoms with Crippen LogP contribution >= 0.6 is 0 Å². The SMILES string of the molecule is CC(CNC(=NCC(=O)N(C)C)NC1CCCCC1)Oc1ccccc1F. The van der Waals surface area contributed by atoms with Crippen molar-refractivity contribution < 1.29 is 13.9 Å². The summed E-state index contributed by atoms with van der Waals surface area (Å²) in [6.07, 6.45) is 5.62. The molecule has 0 spiro atoms. The molecule has 6 nitrogen and oxygen atoms in total. The standard InChI is InChI=1S/C20H31FN4O2/c1-15(27-18-12-8-7-11-17(18)21)13-22-20(23-14-19(26)25(2)3)24-16-9-5-4-6-10-16/h7-8,11-12,15-16H,4-6,9-10,13-14H2,1-3H3,(H2,22,23,24). The smallest absolute Gasteiger partial charge is 0.243 e. The Hall–Kier alpha value is -2.31. The molecule has 1 fully saturated rings. The first-order chi connectivity index (χ1) is 13.0. The summed E-state index contributed by atoms with van der Waals surface area (Å²) >= 11 is 0. The molecule has 0 bridgehead atoms. The van der Waals surface area contributed by atoms with Crippen molar-refractivity contribution in [2.75, 3.05) is 27.2 Å². The Kier molecular flexibility index (Phi) is 8.36. The lowest BCUT2D eigenvalue weighted by molar-refractivity contribution is -0.127. The van der Waals surface area contributed by atoms with E-state index < -0.39 is 0 Å². The first kappa shape index (κ1) is 21.0. The molecular weight excluding hydrogens is 347 g/mol. The maximum atomic E-state index is 13.7. The van der Waals surface area contributed by atoms with Gasteiger partial charge in [0, 0.05) is 20.1 Å². The van der Waals surface area contributed by atoms with E-state index in [1.54, 1.807) is 32.3 Å². The van der Waals surface area contributed by atoms with Crippen molar-refractivity contribution in [3.05, 3.63) is 30.1 Å². The van der Waals surface area contributed by atoms with E-state index in [9.17, 15) is 9.18 Å². The van der Waals surface area contributed by atoms with Crippen molar-refractivity contribution in [2.24, 2.45) is 4.99 Å². The van der Waals surface area contributed by atoms with Crippen LogP contribution in [0.5, 0.6) is 5.75 Å². The predicted molar refractivity (Wildman–Crippen MR) is 105 cm³/mol. The maximum Gasteiger partial charge on any atom is 0.243 e. The summed E-state index contributed by atoms with van der Waals surface area (Å²) in [6.45, 7) is 2.39. The number of hydrogen-bond donors (Lipinski definition) is 2. The van der Waals surface area contributed by atoms with E-state index in [4.69, 9.17) is 4.74 Å². The van der Waals surface area contributed by atoms with E-state index in [0.717, 1.165) is 12.8 Å². The highest BCUT2D eigenvalue weighted by molar-refractivity contribution is 5.84. The monoisotopic (exact) mass is 378 g/mol. The highest BCUT2D eigenvalue weighted by Crippen LogP contribution is 2.18. The molecular formula is C20H31FN4O2. The number of hydrogen-bond acceptors (Lipinski definition) is 3. The van der Waals surface area contributed by atoms with Crippen molar-refractivity contribution in [3.63, 3.8) is 0 Å². The van der Waals surface area contributed by atoms with Crippen molar-refractivity contribution in [3.8, 4) is 5.75 Å². The number of amides is 1. The van der Waals surface area contributed by atoms with E-state index in [1.807, 2.05) is 6.92 Å². The van der Waals surface area contributed by atoms with Gasteiger partial charge in [-0.15, -0.1) is 0 Å². The number of ether oxygens (including phenoxy) is 1. The van der Waals surface area contributed by atoms with Gasteiger partial charge in [0.2, 0.25) is 5.91 Å². The Bertz CT molecular complexity index is 630. The molecule has 1 unspecified atom stereocenters. The largest absolute Gasteiger partial charge is 0.486 e. The fourth-order valence-corrected chi connectivity index (χ4v) is 2.92. The third-order valence-corrected chi connectivity index (χ3v) is 4.54. The van der Waals surface area contributed by atoms with Crippen LogP contribution in [0.25, 0.3) is 0 Å². The number of benzene rings is 1. The van der Waals surface area contributed by atoms with Gasteiger partial charge >= 0.3 is 0 Å². The zero-order valence-electron chi connectivity index (χ0n) is 16.5. The van der Waals surface area contributed by atoms with Crippen LogP contribution in [-0.2, 0) is 4.79 Å². The van der Waals surface area contributed by atoms with Gasteiger partial charge in [0.15, 0.2) is 17.5 Å². The third kappa shape index (κ3) is 7.45. The number of nitrogens with one attached hydrogen (secondary N) is 2. The van der Waals surface area contributed by atoms with Crippen molar-refractivity contribution in [1.82, 2.24) is 15.5 Å². The molecule has 1 saturated carbocycles. The summed E-state index contributed by atoms with van der Waals surface area (Å²) in [4.78, 5) is 17.8. The van der Waals surface area contributed by atoms with E-state index >= 15 is 0 Å². The van der Waals surface area contributed by atoms with Crippen LogP contribution in [0.2, 0.25) is 0 Å². The highest BCUT2D eigenvalue weighted by atomic mass is 19.1. The van der Waals surface area contributed by atoms with Gasteiger partial charge in [-0.1, -0.05) is 31.4 Å². The topological polar surface area (TPSA) is 66.0 Å². The fourth-order valence-electron chi connectivity index (χ4n) is 2.92. The summed E-state index contributed by atoms with van der Waals surface area (Å²) in [5.74, 6) is 0.389. The molecule has 0 aromatic heterocycles. The Labute approximate surface area is 161 Å². The zero-order chi connectivity index (χ0) is 19.6. The molecule has 0 radical (unpaired) electrons. The van der Waals surface area contributed by atoms with Crippen LogP contribution in [0, 0.1) is 5.82 Å². The lowest BCUT2D eigenvalue weighted by Gasteiger charge is -2.26. The van der Waals surface area contributed by atoms with Gasteiger partial charge in [-0.2, -0.15) is 0 Å². The number of likely N-dealkylation sites (N-methyl/N-ethyl adjacent to an activating group) is 1. The van der Waals surface area contributed by atoms with Gasteiger partial charge in [0.1, 0.15) is 12.6 Å². The average molecular weight is 378 g/mol. The van der Waals surface area contributed by atoms with Gasteiger partial charge in [-0.3, -0.25) is 4.79 Å². The summed E-state index contributed by atoms with van der Waals surface area (Å²) in [7, 11) is 3.42. The molecule has 0 aliphatic heterocycles. The predicted octanol–water partition coefficient (Wildman–Crippen LogP) is 2.55. The van der Waals surface area contributed by atoms with E-state index in [2.05, 4.69) is 15.6 Å². The van der Waals surface area contributed by atoms with Gasteiger partial charge in [0.05, 0.1) is 6.54 Å². The van der Waals surface area contributed by atoms with Crippen molar-refractivity contribution in [2.45, 2.75) is 51.2 Å². The molecule has 7 heteroatoms. The van der Waals surface area contributed by atoms with Crippen LogP contribution in [0.15, 0.2) is 29.3 Å². The molecule has 150 valence electrons. The Morgan fingerprint density at radius 1 is 1.30 bits per heavy atom. The second-order valence-corrected chi connectivity index (χ2v) is 7.17. The number of aliphatic imine (C=N–C) groups is 1. The molecule has 1 amide bonds. The molecule has 0 saturated heterocycles. The van der Waals surface area contributed by atoms with Gasteiger partial charge in [-0.25, -0.2) is 9.38 Å². The molecule has 2 N–H and O–H groups in total. The quantitative estimate of drug-likeness (QED) is 0.565. The Balaban J connectivity index is 1.92. The number of guanidine groups is 1.